The molecule has 1 aliphatic rings. The zero-order chi connectivity index (χ0) is 12.4. The van der Waals surface area contributed by atoms with Gasteiger partial charge in [0.25, 0.3) is 0 Å². The molecule has 2 N–H and O–H groups in total. The average Bonchev–Trinajstić information content (AvgIpc) is 3.09. The summed E-state index contributed by atoms with van der Waals surface area (Å²) in [5.74, 6) is 0.973. The number of hydrogen-bond acceptors (Lipinski definition) is 5. The van der Waals surface area contributed by atoms with Crippen LogP contribution in [0.25, 0.3) is 0 Å². The molecule has 2 aromatic rings. The van der Waals surface area contributed by atoms with Crippen molar-refractivity contribution in [3.05, 3.63) is 47.7 Å². The van der Waals surface area contributed by atoms with E-state index in [9.17, 15) is 0 Å². The molecule has 1 aliphatic heterocycles. The molecule has 3 rings (SSSR count). The Labute approximate surface area is 105 Å². The Kier molecular flexibility index (Phi) is 3.08. The van der Waals surface area contributed by atoms with Crippen molar-refractivity contribution in [2.75, 3.05) is 6.61 Å². The first-order valence-corrected chi connectivity index (χ1v) is 6.10. The highest BCUT2D eigenvalue weighted by molar-refractivity contribution is 5.22. The third kappa shape index (κ3) is 2.14. The lowest BCUT2D eigenvalue weighted by molar-refractivity contribution is 0.0879. The Hall–Kier alpha value is -1.72. The summed E-state index contributed by atoms with van der Waals surface area (Å²) in [7, 11) is 0. The van der Waals surface area contributed by atoms with Crippen LogP contribution < -0.4 is 5.73 Å². The molecule has 0 amide bonds. The normalized spacial score (nSPS) is 21.1. The molecule has 2 unspecified atom stereocenters. The standard InChI is InChI=1S/C13H15N3O2/c14-11(9-5-2-1-3-6-9)13-16-15-12(18-13)10-7-4-8-17-10/h1-3,5-6,10-11H,4,7-8,14H2. The van der Waals surface area contributed by atoms with Crippen molar-refractivity contribution < 1.29 is 9.15 Å². The summed E-state index contributed by atoms with van der Waals surface area (Å²) in [6.45, 7) is 0.757. The Morgan fingerprint density at radius 1 is 1.22 bits per heavy atom. The lowest BCUT2D eigenvalue weighted by atomic mass is 10.1. The van der Waals surface area contributed by atoms with Crippen molar-refractivity contribution in [2.24, 2.45) is 5.73 Å². The monoisotopic (exact) mass is 245 g/mol. The lowest BCUT2D eigenvalue weighted by Crippen LogP contribution is -2.12. The van der Waals surface area contributed by atoms with Crippen LogP contribution in [0.4, 0.5) is 0 Å². The zero-order valence-corrected chi connectivity index (χ0v) is 9.95. The van der Waals surface area contributed by atoms with E-state index in [2.05, 4.69) is 10.2 Å². The van der Waals surface area contributed by atoms with Gasteiger partial charge < -0.3 is 14.9 Å². The molecule has 94 valence electrons. The highest BCUT2D eigenvalue weighted by atomic mass is 16.5. The quantitative estimate of drug-likeness (QED) is 0.894. The van der Waals surface area contributed by atoms with Gasteiger partial charge in [-0.05, 0) is 18.4 Å². The molecule has 2 atom stereocenters. The van der Waals surface area contributed by atoms with Crippen molar-refractivity contribution in [2.45, 2.75) is 25.0 Å². The third-order valence-electron chi connectivity index (χ3n) is 3.09. The lowest BCUT2D eigenvalue weighted by Gasteiger charge is -2.07. The number of rotatable bonds is 3. The molecule has 1 fully saturated rings. The smallest absolute Gasteiger partial charge is 0.245 e. The predicted molar refractivity (Wildman–Crippen MR) is 64.7 cm³/mol. The Morgan fingerprint density at radius 3 is 2.78 bits per heavy atom. The number of benzene rings is 1. The average molecular weight is 245 g/mol. The molecule has 0 aliphatic carbocycles. The van der Waals surface area contributed by atoms with Gasteiger partial charge in [-0.1, -0.05) is 30.3 Å². The first kappa shape index (κ1) is 11.4. The molecular formula is C13H15N3O2. The zero-order valence-electron chi connectivity index (χ0n) is 9.95. The summed E-state index contributed by atoms with van der Waals surface area (Å²) in [6.07, 6.45) is 1.91. The highest BCUT2D eigenvalue weighted by Gasteiger charge is 2.25. The number of aromatic nitrogens is 2. The second kappa shape index (κ2) is 4.88. The Morgan fingerprint density at radius 2 is 2.06 bits per heavy atom. The summed E-state index contributed by atoms with van der Waals surface area (Å²) in [4.78, 5) is 0. The van der Waals surface area contributed by atoms with Gasteiger partial charge in [0.15, 0.2) is 0 Å². The van der Waals surface area contributed by atoms with E-state index in [1.165, 1.54) is 0 Å². The van der Waals surface area contributed by atoms with Gasteiger partial charge in [-0.2, -0.15) is 0 Å². The molecule has 0 radical (unpaired) electrons. The SMILES string of the molecule is NC(c1ccccc1)c1nnc(C2CCCO2)o1. The van der Waals surface area contributed by atoms with Gasteiger partial charge >= 0.3 is 0 Å². The van der Waals surface area contributed by atoms with Gasteiger partial charge in [-0.3, -0.25) is 0 Å². The van der Waals surface area contributed by atoms with E-state index in [4.69, 9.17) is 14.9 Å². The molecule has 1 aromatic carbocycles. The van der Waals surface area contributed by atoms with Crippen LogP contribution in [-0.2, 0) is 4.74 Å². The van der Waals surface area contributed by atoms with Crippen molar-refractivity contribution in [3.8, 4) is 0 Å². The van der Waals surface area contributed by atoms with Crippen molar-refractivity contribution >= 4 is 0 Å². The van der Waals surface area contributed by atoms with Gasteiger partial charge in [0, 0.05) is 6.61 Å². The van der Waals surface area contributed by atoms with Crippen LogP contribution >= 0.6 is 0 Å². The van der Waals surface area contributed by atoms with E-state index < -0.39 is 0 Å². The fourth-order valence-corrected chi connectivity index (χ4v) is 2.08. The minimum atomic E-state index is -0.381. The minimum absolute atomic E-state index is 0.0609. The van der Waals surface area contributed by atoms with Crippen LogP contribution in [0.5, 0.6) is 0 Å². The van der Waals surface area contributed by atoms with E-state index in [1.54, 1.807) is 0 Å². The molecule has 1 saturated heterocycles. The second-order valence-electron chi connectivity index (χ2n) is 4.37. The van der Waals surface area contributed by atoms with Gasteiger partial charge in [0.2, 0.25) is 11.8 Å². The number of nitrogens with two attached hydrogens (primary N) is 1. The molecule has 1 aromatic heterocycles. The van der Waals surface area contributed by atoms with Crippen molar-refractivity contribution in [3.63, 3.8) is 0 Å². The van der Waals surface area contributed by atoms with Crippen LogP contribution in [0.3, 0.4) is 0 Å². The maximum absolute atomic E-state index is 6.09. The summed E-state index contributed by atoms with van der Waals surface area (Å²) >= 11 is 0. The fraction of sp³-hybridized carbons (Fsp3) is 0.385. The molecule has 18 heavy (non-hydrogen) atoms. The van der Waals surface area contributed by atoms with E-state index >= 15 is 0 Å². The highest BCUT2D eigenvalue weighted by Crippen LogP contribution is 2.28. The van der Waals surface area contributed by atoms with E-state index in [0.29, 0.717) is 11.8 Å². The van der Waals surface area contributed by atoms with Crippen molar-refractivity contribution in [1.29, 1.82) is 0 Å². The number of ether oxygens (including phenoxy) is 1. The summed E-state index contributed by atoms with van der Waals surface area (Å²) in [6, 6.07) is 9.33. The Balaban J connectivity index is 1.80. The molecule has 5 heteroatoms. The maximum Gasteiger partial charge on any atom is 0.245 e. The van der Waals surface area contributed by atoms with Crippen LogP contribution in [0.15, 0.2) is 34.7 Å². The number of nitrogens with zero attached hydrogens (tertiary/aromatic N) is 2. The first-order valence-electron chi connectivity index (χ1n) is 6.10. The van der Waals surface area contributed by atoms with E-state index in [1.807, 2.05) is 30.3 Å². The summed E-state index contributed by atoms with van der Waals surface area (Å²) < 4.78 is 11.1. The largest absolute Gasteiger partial charge is 0.420 e. The Bertz CT molecular complexity index is 506. The van der Waals surface area contributed by atoms with E-state index in [-0.39, 0.29) is 12.1 Å². The summed E-state index contributed by atoms with van der Waals surface area (Å²) in [5.41, 5.74) is 7.05. The van der Waals surface area contributed by atoms with Gasteiger partial charge in [0.05, 0.1) is 0 Å². The molecule has 0 spiro atoms. The van der Waals surface area contributed by atoms with Gasteiger partial charge in [0.1, 0.15) is 12.1 Å². The van der Waals surface area contributed by atoms with Crippen molar-refractivity contribution in [1.82, 2.24) is 10.2 Å². The van der Waals surface area contributed by atoms with Crippen LogP contribution in [0.1, 0.15) is 42.3 Å². The molecule has 5 nitrogen and oxygen atoms in total. The predicted octanol–water partition coefficient (Wildman–Crippen LogP) is 1.97. The van der Waals surface area contributed by atoms with Crippen LogP contribution in [0.2, 0.25) is 0 Å². The summed E-state index contributed by atoms with van der Waals surface area (Å²) in [5, 5.41) is 8.04. The first-order chi connectivity index (χ1) is 8.84. The number of hydrogen-bond donors (Lipinski definition) is 1. The van der Waals surface area contributed by atoms with Crippen LogP contribution in [-0.4, -0.2) is 16.8 Å². The minimum Gasteiger partial charge on any atom is -0.420 e. The third-order valence-corrected chi connectivity index (χ3v) is 3.09. The fourth-order valence-electron chi connectivity index (χ4n) is 2.08. The molecule has 0 saturated carbocycles. The molecule has 2 heterocycles. The molecular weight excluding hydrogens is 230 g/mol. The second-order valence-corrected chi connectivity index (χ2v) is 4.37. The van der Waals surface area contributed by atoms with Gasteiger partial charge in [-0.15, -0.1) is 10.2 Å². The van der Waals surface area contributed by atoms with Crippen LogP contribution in [0, 0.1) is 0 Å². The van der Waals surface area contributed by atoms with Gasteiger partial charge in [-0.25, -0.2) is 0 Å². The van der Waals surface area contributed by atoms with E-state index in [0.717, 1.165) is 25.0 Å². The maximum atomic E-state index is 6.09. The molecule has 0 bridgehead atoms. The topological polar surface area (TPSA) is 74.2 Å².